The molecule has 6 heteroatoms. The predicted octanol–water partition coefficient (Wildman–Crippen LogP) is 3.83. The monoisotopic (exact) mass is 405 g/mol. The molecule has 30 heavy (non-hydrogen) atoms. The van der Waals surface area contributed by atoms with Gasteiger partial charge in [-0.3, -0.25) is 9.69 Å². The van der Waals surface area contributed by atoms with Gasteiger partial charge in [0.1, 0.15) is 12.4 Å². The molecular weight excluding hydrogens is 378 g/mol. The molecule has 4 rings (SSSR count). The third-order valence-electron chi connectivity index (χ3n) is 5.28. The molecule has 6 nitrogen and oxygen atoms in total. The van der Waals surface area contributed by atoms with Crippen molar-refractivity contribution in [2.24, 2.45) is 0 Å². The largest absolute Gasteiger partial charge is 0.489 e. The van der Waals surface area contributed by atoms with E-state index in [-0.39, 0.29) is 5.91 Å². The maximum absolute atomic E-state index is 13.0. The first-order chi connectivity index (χ1) is 14.6. The normalized spacial score (nSPS) is 14.7. The SMILES string of the molecule is Cc1cccc(COc2cccc(C(=O)N3CCN(Cc4cc(C)no4)CC3)c2)c1. The van der Waals surface area contributed by atoms with Gasteiger partial charge in [-0.1, -0.05) is 41.1 Å². The maximum atomic E-state index is 13.0. The third kappa shape index (κ3) is 5.07. The van der Waals surface area contributed by atoms with Crippen LogP contribution >= 0.6 is 0 Å². The second-order valence-corrected chi connectivity index (χ2v) is 7.81. The molecule has 0 saturated carbocycles. The van der Waals surface area contributed by atoms with Crippen LogP contribution in [-0.4, -0.2) is 47.0 Å². The van der Waals surface area contributed by atoms with Crippen LogP contribution in [-0.2, 0) is 13.2 Å². The van der Waals surface area contributed by atoms with Crippen LogP contribution in [0.4, 0.5) is 0 Å². The molecule has 0 aliphatic carbocycles. The lowest BCUT2D eigenvalue weighted by Gasteiger charge is -2.34. The van der Waals surface area contributed by atoms with Gasteiger partial charge in [-0.25, -0.2) is 0 Å². The van der Waals surface area contributed by atoms with Gasteiger partial charge in [-0.2, -0.15) is 0 Å². The second kappa shape index (κ2) is 9.13. The molecule has 156 valence electrons. The van der Waals surface area contributed by atoms with Crippen molar-refractivity contribution in [2.75, 3.05) is 26.2 Å². The first kappa shape index (κ1) is 20.2. The first-order valence-corrected chi connectivity index (χ1v) is 10.3. The molecule has 1 amide bonds. The zero-order chi connectivity index (χ0) is 20.9. The third-order valence-corrected chi connectivity index (χ3v) is 5.28. The molecule has 0 bridgehead atoms. The summed E-state index contributed by atoms with van der Waals surface area (Å²) in [5.74, 6) is 1.62. The Morgan fingerprint density at radius 3 is 2.57 bits per heavy atom. The van der Waals surface area contributed by atoms with Gasteiger partial charge in [0.25, 0.3) is 5.91 Å². The van der Waals surface area contributed by atoms with Gasteiger partial charge in [0, 0.05) is 37.8 Å². The van der Waals surface area contributed by atoms with Crippen LogP contribution in [0, 0.1) is 13.8 Å². The molecule has 0 atom stereocenters. The van der Waals surface area contributed by atoms with Crippen molar-refractivity contribution in [2.45, 2.75) is 27.0 Å². The zero-order valence-corrected chi connectivity index (χ0v) is 17.5. The van der Waals surface area contributed by atoms with E-state index in [0.717, 1.165) is 36.7 Å². The number of hydrogen-bond acceptors (Lipinski definition) is 5. The van der Waals surface area contributed by atoms with Crippen molar-refractivity contribution in [1.82, 2.24) is 15.0 Å². The molecular formula is C24H27N3O3. The fourth-order valence-corrected chi connectivity index (χ4v) is 3.69. The average Bonchev–Trinajstić information content (AvgIpc) is 3.17. The van der Waals surface area contributed by atoms with Gasteiger partial charge < -0.3 is 14.2 Å². The molecule has 2 heterocycles. The Morgan fingerprint density at radius 1 is 1.03 bits per heavy atom. The van der Waals surface area contributed by atoms with Crippen LogP contribution < -0.4 is 4.74 Å². The van der Waals surface area contributed by atoms with Crippen LogP contribution in [0.25, 0.3) is 0 Å². The van der Waals surface area contributed by atoms with E-state index in [0.29, 0.717) is 31.0 Å². The number of aryl methyl sites for hydroxylation is 2. The first-order valence-electron chi connectivity index (χ1n) is 10.3. The summed E-state index contributed by atoms with van der Waals surface area (Å²) in [5, 5.41) is 3.93. The van der Waals surface area contributed by atoms with Crippen LogP contribution in [0.3, 0.4) is 0 Å². The number of carbonyl (C=O) groups excluding carboxylic acids is 1. The van der Waals surface area contributed by atoms with E-state index < -0.39 is 0 Å². The lowest BCUT2D eigenvalue weighted by atomic mass is 10.1. The summed E-state index contributed by atoms with van der Waals surface area (Å²) in [4.78, 5) is 17.1. The fraction of sp³-hybridized carbons (Fsp3) is 0.333. The highest BCUT2D eigenvalue weighted by molar-refractivity contribution is 5.94. The Morgan fingerprint density at radius 2 is 1.83 bits per heavy atom. The van der Waals surface area contributed by atoms with Gasteiger partial charge in [-0.05, 0) is 37.6 Å². The Hall–Kier alpha value is -3.12. The molecule has 2 aromatic carbocycles. The molecule has 1 saturated heterocycles. The number of hydrogen-bond donors (Lipinski definition) is 0. The highest BCUT2D eigenvalue weighted by atomic mass is 16.5. The summed E-state index contributed by atoms with van der Waals surface area (Å²) in [7, 11) is 0. The summed E-state index contributed by atoms with van der Waals surface area (Å²) < 4.78 is 11.2. The van der Waals surface area contributed by atoms with Gasteiger partial charge >= 0.3 is 0 Å². The van der Waals surface area contributed by atoms with E-state index in [1.165, 1.54) is 5.56 Å². The highest BCUT2D eigenvalue weighted by Crippen LogP contribution is 2.18. The van der Waals surface area contributed by atoms with Crippen molar-refractivity contribution in [3.63, 3.8) is 0 Å². The van der Waals surface area contributed by atoms with Crippen molar-refractivity contribution in [1.29, 1.82) is 0 Å². The molecule has 0 spiro atoms. The molecule has 1 fully saturated rings. The molecule has 0 N–H and O–H groups in total. The summed E-state index contributed by atoms with van der Waals surface area (Å²) >= 11 is 0. The van der Waals surface area contributed by atoms with Gasteiger partial charge in [0.15, 0.2) is 5.76 Å². The van der Waals surface area contributed by atoms with Crippen LogP contribution in [0.1, 0.15) is 32.9 Å². The standard InChI is InChI=1S/C24H27N3O3/c1-18-5-3-6-20(13-18)17-29-22-8-4-7-21(15-22)24(28)27-11-9-26(10-12-27)16-23-14-19(2)25-30-23/h3-8,13-15H,9-12,16-17H2,1-2H3. The van der Waals surface area contributed by atoms with Crippen LogP contribution in [0.15, 0.2) is 59.1 Å². The lowest BCUT2D eigenvalue weighted by Crippen LogP contribution is -2.48. The highest BCUT2D eigenvalue weighted by Gasteiger charge is 2.23. The van der Waals surface area contributed by atoms with Crippen LogP contribution in [0.2, 0.25) is 0 Å². The molecule has 1 aromatic heterocycles. The van der Waals surface area contributed by atoms with Crippen molar-refractivity contribution in [3.05, 3.63) is 82.7 Å². The Kier molecular flexibility index (Phi) is 6.14. The molecule has 0 radical (unpaired) electrons. The minimum Gasteiger partial charge on any atom is -0.489 e. The van der Waals surface area contributed by atoms with Crippen LogP contribution in [0.5, 0.6) is 5.75 Å². The number of aromatic nitrogens is 1. The van der Waals surface area contributed by atoms with E-state index in [1.54, 1.807) is 0 Å². The quantitative estimate of drug-likeness (QED) is 0.624. The maximum Gasteiger partial charge on any atom is 0.254 e. The van der Waals surface area contributed by atoms with Gasteiger partial charge in [-0.15, -0.1) is 0 Å². The van der Waals surface area contributed by atoms with Crippen molar-refractivity contribution >= 4 is 5.91 Å². The number of rotatable bonds is 6. The van der Waals surface area contributed by atoms with E-state index in [1.807, 2.05) is 54.3 Å². The van der Waals surface area contributed by atoms with E-state index >= 15 is 0 Å². The molecule has 0 unspecified atom stereocenters. The average molecular weight is 405 g/mol. The summed E-state index contributed by atoms with van der Waals surface area (Å²) in [5.41, 5.74) is 3.88. The fourth-order valence-electron chi connectivity index (χ4n) is 3.69. The predicted molar refractivity (Wildman–Crippen MR) is 114 cm³/mol. The van der Waals surface area contributed by atoms with Crippen molar-refractivity contribution < 1.29 is 14.1 Å². The number of nitrogens with zero attached hydrogens (tertiary/aromatic N) is 3. The summed E-state index contributed by atoms with van der Waals surface area (Å²) in [6, 6.07) is 17.7. The van der Waals surface area contributed by atoms with E-state index in [4.69, 9.17) is 9.26 Å². The number of benzene rings is 2. The topological polar surface area (TPSA) is 58.8 Å². The number of piperazine rings is 1. The Bertz CT molecular complexity index is 1010. The number of ether oxygens (including phenoxy) is 1. The van der Waals surface area contributed by atoms with Gasteiger partial charge in [0.05, 0.1) is 12.2 Å². The smallest absolute Gasteiger partial charge is 0.254 e. The summed E-state index contributed by atoms with van der Waals surface area (Å²) in [6.07, 6.45) is 0. The van der Waals surface area contributed by atoms with E-state index in [2.05, 4.69) is 29.1 Å². The van der Waals surface area contributed by atoms with Gasteiger partial charge in [0.2, 0.25) is 0 Å². The lowest BCUT2D eigenvalue weighted by molar-refractivity contribution is 0.0617. The number of carbonyl (C=O) groups is 1. The zero-order valence-electron chi connectivity index (χ0n) is 17.5. The molecule has 3 aromatic rings. The minimum absolute atomic E-state index is 0.0474. The Labute approximate surface area is 177 Å². The Balaban J connectivity index is 1.32. The minimum atomic E-state index is 0.0474. The molecule has 1 aliphatic rings. The van der Waals surface area contributed by atoms with Crippen molar-refractivity contribution in [3.8, 4) is 5.75 Å². The van der Waals surface area contributed by atoms with E-state index in [9.17, 15) is 4.79 Å². The number of amides is 1. The second-order valence-electron chi connectivity index (χ2n) is 7.81. The summed E-state index contributed by atoms with van der Waals surface area (Å²) in [6.45, 7) is 8.21. The molecule has 1 aliphatic heterocycles.